The Balaban J connectivity index is 1.11. The number of carbonyl (C=O) groups is 5. The molecule has 0 saturated carbocycles. The van der Waals surface area contributed by atoms with E-state index in [1.165, 1.54) is 0 Å². The molecule has 0 fully saturated rings. The summed E-state index contributed by atoms with van der Waals surface area (Å²) in [6, 6.07) is 14.5. The van der Waals surface area contributed by atoms with Crippen LogP contribution >= 0.6 is 0 Å². The van der Waals surface area contributed by atoms with Crippen molar-refractivity contribution in [2.75, 3.05) is 25.0 Å². The first-order valence-corrected chi connectivity index (χ1v) is 17.8. The van der Waals surface area contributed by atoms with E-state index in [0.717, 1.165) is 40.5 Å². The molecule has 3 aliphatic rings. The van der Waals surface area contributed by atoms with Crippen LogP contribution in [0.25, 0.3) is 22.3 Å². The summed E-state index contributed by atoms with van der Waals surface area (Å²) in [6.45, 7) is 0.914. The minimum Gasteiger partial charge on any atom is -0.458 e. The van der Waals surface area contributed by atoms with Gasteiger partial charge in [-0.15, -0.1) is 0 Å². The third-order valence-corrected chi connectivity index (χ3v) is 10.5. The van der Waals surface area contributed by atoms with Crippen molar-refractivity contribution in [1.29, 1.82) is 0 Å². The van der Waals surface area contributed by atoms with E-state index < -0.39 is 35.2 Å². The largest absolute Gasteiger partial charge is 0.458 e. The van der Waals surface area contributed by atoms with E-state index in [9.17, 15) is 33.9 Å². The number of benzene rings is 2. The minimum atomic E-state index is -1.92. The van der Waals surface area contributed by atoms with Crippen molar-refractivity contribution >= 4 is 46.1 Å². The first kappa shape index (κ1) is 35.7. The molecular formula is C39H40N6O8. The number of hydrogen-bond donors (Lipinski definition) is 5. The Morgan fingerprint density at radius 2 is 1.75 bits per heavy atom. The molecule has 1 aliphatic carbocycles. The predicted molar refractivity (Wildman–Crippen MR) is 194 cm³/mol. The van der Waals surface area contributed by atoms with Crippen LogP contribution in [-0.2, 0) is 66.7 Å². The first-order chi connectivity index (χ1) is 25.5. The molecule has 2 atom stereocenters. The molecular weight excluding hydrogens is 680 g/mol. The monoisotopic (exact) mass is 720 g/mol. The number of anilines is 1. The molecule has 14 heteroatoms. The van der Waals surface area contributed by atoms with Crippen LogP contribution in [0.4, 0.5) is 5.69 Å². The summed E-state index contributed by atoms with van der Waals surface area (Å²) in [6.07, 6.45) is 2.40. The maximum Gasteiger partial charge on any atom is 0.343 e. The van der Waals surface area contributed by atoms with Gasteiger partial charge in [0.1, 0.15) is 6.61 Å². The Bertz CT molecular complexity index is 2250. The number of pyridine rings is 2. The van der Waals surface area contributed by atoms with Gasteiger partial charge in [0, 0.05) is 34.5 Å². The van der Waals surface area contributed by atoms with Gasteiger partial charge in [-0.1, -0.05) is 37.3 Å². The van der Waals surface area contributed by atoms with Crippen LogP contribution in [0.3, 0.4) is 0 Å². The Morgan fingerprint density at radius 3 is 2.51 bits per heavy atom. The molecule has 2 aromatic heterocycles. The second-order valence-electron chi connectivity index (χ2n) is 13.7. The van der Waals surface area contributed by atoms with Crippen molar-refractivity contribution in [2.45, 2.75) is 64.2 Å². The zero-order valence-electron chi connectivity index (χ0n) is 29.3. The number of amides is 3. The zero-order chi connectivity index (χ0) is 37.4. The molecule has 53 heavy (non-hydrogen) atoms. The Labute approximate surface area is 304 Å². The lowest BCUT2D eigenvalue weighted by Crippen LogP contribution is -2.44. The Hall–Kier alpha value is -5.73. The number of nitrogens with zero attached hydrogens (tertiary/aromatic N) is 2. The quantitative estimate of drug-likeness (QED) is 0.117. The van der Waals surface area contributed by atoms with E-state index in [1.54, 1.807) is 23.6 Å². The second kappa shape index (κ2) is 14.4. The molecule has 14 nitrogen and oxygen atoms in total. The second-order valence-corrected chi connectivity index (χ2v) is 13.7. The summed E-state index contributed by atoms with van der Waals surface area (Å²) in [5, 5.41) is 20.2. The average Bonchev–Trinajstić information content (AvgIpc) is 3.54. The van der Waals surface area contributed by atoms with Gasteiger partial charge in [-0.3, -0.25) is 24.0 Å². The molecule has 0 spiro atoms. The van der Waals surface area contributed by atoms with E-state index in [-0.39, 0.29) is 74.5 Å². The fourth-order valence-electron chi connectivity index (χ4n) is 7.71. The van der Waals surface area contributed by atoms with Crippen molar-refractivity contribution in [3.8, 4) is 11.4 Å². The molecule has 274 valence electrons. The highest BCUT2D eigenvalue weighted by Gasteiger charge is 2.45. The van der Waals surface area contributed by atoms with Crippen LogP contribution < -0.4 is 27.2 Å². The summed E-state index contributed by atoms with van der Waals surface area (Å²) in [5.41, 5.74) is 9.72. The van der Waals surface area contributed by atoms with Crippen LogP contribution in [-0.4, -0.2) is 63.8 Å². The highest BCUT2D eigenvalue weighted by atomic mass is 16.6. The maximum absolute atomic E-state index is 13.7. The van der Waals surface area contributed by atoms with Gasteiger partial charge in [0.15, 0.2) is 11.4 Å². The molecule has 0 bridgehead atoms. The molecule has 2 aromatic carbocycles. The number of fused-ring (bicyclic) bond motifs is 5. The number of aromatic nitrogens is 2. The number of cyclic esters (lactones) is 1. The lowest BCUT2D eigenvalue weighted by Gasteiger charge is -2.31. The number of ketones is 1. The van der Waals surface area contributed by atoms with E-state index >= 15 is 0 Å². The molecule has 0 radical (unpaired) electrons. The number of hydrogen-bond acceptors (Lipinski definition) is 10. The van der Waals surface area contributed by atoms with Gasteiger partial charge in [0.05, 0.1) is 48.6 Å². The van der Waals surface area contributed by atoms with Crippen LogP contribution in [0.1, 0.15) is 59.6 Å². The SMILES string of the molecule is CC[C@@]1(O)C(=O)OCc2c1cc1n(c2=O)Cc2c-1nc1ccc(NC(=O)CNC(=O)[C@@H](CC(=O)CNC(=O)CN)Cc3ccccc3)c3c1c2CCC3. The van der Waals surface area contributed by atoms with Crippen molar-refractivity contribution in [3.63, 3.8) is 0 Å². The average molecular weight is 721 g/mol. The van der Waals surface area contributed by atoms with Crippen molar-refractivity contribution in [3.05, 3.63) is 92.3 Å². The van der Waals surface area contributed by atoms with Gasteiger partial charge in [-0.05, 0) is 67.0 Å². The molecule has 0 saturated heterocycles. The van der Waals surface area contributed by atoms with Crippen LogP contribution in [0, 0.1) is 5.92 Å². The van der Waals surface area contributed by atoms with E-state index in [4.69, 9.17) is 15.5 Å². The smallest absolute Gasteiger partial charge is 0.343 e. The van der Waals surface area contributed by atoms with E-state index in [0.29, 0.717) is 29.0 Å². The fourth-order valence-corrected chi connectivity index (χ4v) is 7.71. The van der Waals surface area contributed by atoms with Crippen LogP contribution in [0.5, 0.6) is 0 Å². The first-order valence-electron chi connectivity index (χ1n) is 17.8. The highest BCUT2D eigenvalue weighted by Crippen LogP contribution is 2.43. The summed E-state index contributed by atoms with van der Waals surface area (Å²) in [4.78, 5) is 82.1. The molecule has 6 N–H and O–H groups in total. The molecule has 2 aliphatic heterocycles. The third kappa shape index (κ3) is 6.59. The van der Waals surface area contributed by atoms with Gasteiger partial charge in [-0.25, -0.2) is 9.78 Å². The molecule has 7 rings (SSSR count). The van der Waals surface area contributed by atoms with Gasteiger partial charge in [0.2, 0.25) is 17.7 Å². The molecule has 4 heterocycles. The number of nitrogens with two attached hydrogens (primary N) is 1. The van der Waals surface area contributed by atoms with Gasteiger partial charge >= 0.3 is 5.97 Å². The van der Waals surface area contributed by atoms with Gasteiger partial charge in [0.25, 0.3) is 5.56 Å². The molecule has 0 unspecified atom stereocenters. The number of aliphatic hydroxyl groups is 1. The summed E-state index contributed by atoms with van der Waals surface area (Å²) < 4.78 is 6.82. The molecule has 4 aromatic rings. The topological polar surface area (TPSA) is 212 Å². The summed E-state index contributed by atoms with van der Waals surface area (Å²) in [7, 11) is 0. The summed E-state index contributed by atoms with van der Waals surface area (Å²) in [5.74, 6) is -3.26. The number of carbonyl (C=O) groups excluding carboxylic acids is 5. The number of aryl methyl sites for hydroxylation is 2. The van der Waals surface area contributed by atoms with Crippen molar-refractivity contribution in [2.24, 2.45) is 11.7 Å². The van der Waals surface area contributed by atoms with Crippen LogP contribution in [0.2, 0.25) is 0 Å². The summed E-state index contributed by atoms with van der Waals surface area (Å²) >= 11 is 0. The standard InChI is InChI=1S/C39H40N6O8/c1-2-39(52)28-15-31-35-26(19-45(31)37(50)27(28)20-53-38(39)51)24-9-6-10-25-29(11-12-30(44-35)34(24)25)43-33(48)18-42-36(49)22(13-21-7-4-3-5-8-21)14-23(46)17-41-32(47)16-40/h3-5,7-8,11-12,15,22,52H,2,6,9-10,13-14,16-20,40H2,1H3,(H,41,47)(H,42,49)(H,43,48)/t22-,39+/m1/s1. The number of ether oxygens (including phenoxy) is 1. The lowest BCUT2D eigenvalue weighted by molar-refractivity contribution is -0.172. The van der Waals surface area contributed by atoms with E-state index in [2.05, 4.69) is 16.0 Å². The normalized spacial score (nSPS) is 17.2. The lowest BCUT2D eigenvalue weighted by atomic mass is 9.85. The number of esters is 1. The van der Waals surface area contributed by atoms with E-state index in [1.807, 2.05) is 36.4 Å². The number of rotatable bonds is 12. The number of nitrogens with one attached hydrogen (secondary N) is 3. The Kier molecular flexibility index (Phi) is 9.66. The van der Waals surface area contributed by atoms with Gasteiger partial charge in [-0.2, -0.15) is 0 Å². The van der Waals surface area contributed by atoms with Crippen LogP contribution in [0.15, 0.2) is 53.3 Å². The minimum absolute atomic E-state index is 0.0526. The highest BCUT2D eigenvalue weighted by molar-refractivity contribution is 6.01. The fraction of sp³-hybridized carbons (Fsp3) is 0.359. The molecule has 3 amide bonds. The third-order valence-electron chi connectivity index (χ3n) is 10.5. The number of Topliss-reactive ketones (excluding diaryl/α,β-unsaturated/α-hetero) is 1. The predicted octanol–water partition coefficient (Wildman–Crippen LogP) is 1.52. The zero-order valence-corrected chi connectivity index (χ0v) is 29.3. The van der Waals surface area contributed by atoms with Gasteiger partial charge < -0.3 is 36.1 Å². The Morgan fingerprint density at radius 1 is 0.981 bits per heavy atom. The van der Waals surface area contributed by atoms with Crippen molar-refractivity contribution in [1.82, 2.24) is 20.2 Å². The van der Waals surface area contributed by atoms with Crippen molar-refractivity contribution < 1.29 is 33.8 Å². The maximum atomic E-state index is 13.7.